The van der Waals surface area contributed by atoms with Crippen molar-refractivity contribution in [3.8, 4) is 6.07 Å². The molecule has 0 aromatic rings. The maximum atomic E-state index is 10.7. The van der Waals surface area contributed by atoms with Gasteiger partial charge in [0.2, 0.25) is 0 Å². The van der Waals surface area contributed by atoms with Gasteiger partial charge in [-0.15, -0.1) is 0 Å². The standard InChI is InChI=1S/C10H15NO2/c1-7-3-8(2)5-9(4-7)13-10(12)6-11/h7-9H,3-5H2,1-2H3. The summed E-state index contributed by atoms with van der Waals surface area (Å²) in [5.41, 5.74) is 0. The van der Waals surface area contributed by atoms with Crippen LogP contribution in [0.5, 0.6) is 0 Å². The van der Waals surface area contributed by atoms with Crippen molar-refractivity contribution in [2.24, 2.45) is 11.8 Å². The third kappa shape index (κ3) is 3.06. The molecule has 3 heteroatoms. The van der Waals surface area contributed by atoms with Gasteiger partial charge in [0.25, 0.3) is 0 Å². The fraction of sp³-hybridized carbons (Fsp3) is 0.800. The molecule has 0 aromatic heterocycles. The van der Waals surface area contributed by atoms with Gasteiger partial charge < -0.3 is 4.74 Å². The van der Waals surface area contributed by atoms with Gasteiger partial charge in [-0.1, -0.05) is 13.8 Å². The highest BCUT2D eigenvalue weighted by molar-refractivity contribution is 5.85. The summed E-state index contributed by atoms with van der Waals surface area (Å²) in [6.45, 7) is 4.31. The monoisotopic (exact) mass is 181 g/mol. The highest BCUT2D eigenvalue weighted by Gasteiger charge is 2.26. The predicted octanol–water partition coefficient (Wildman–Crippen LogP) is 1.88. The van der Waals surface area contributed by atoms with E-state index in [1.165, 1.54) is 12.5 Å². The minimum absolute atomic E-state index is 0.0362. The number of ether oxygens (including phenoxy) is 1. The quantitative estimate of drug-likeness (QED) is 0.458. The number of hydrogen-bond acceptors (Lipinski definition) is 3. The lowest BCUT2D eigenvalue weighted by Crippen LogP contribution is -2.27. The van der Waals surface area contributed by atoms with Crippen molar-refractivity contribution in [3.63, 3.8) is 0 Å². The molecule has 1 aliphatic rings. The maximum absolute atomic E-state index is 10.7. The molecule has 0 aromatic carbocycles. The van der Waals surface area contributed by atoms with Crippen LogP contribution in [0.15, 0.2) is 0 Å². The van der Waals surface area contributed by atoms with Crippen molar-refractivity contribution in [1.82, 2.24) is 0 Å². The number of esters is 1. The topological polar surface area (TPSA) is 50.1 Å². The minimum Gasteiger partial charge on any atom is -0.451 e. The maximum Gasteiger partial charge on any atom is 0.411 e. The van der Waals surface area contributed by atoms with Crippen molar-refractivity contribution in [3.05, 3.63) is 0 Å². The molecule has 1 aliphatic carbocycles. The third-order valence-corrected chi connectivity index (χ3v) is 2.50. The van der Waals surface area contributed by atoms with Gasteiger partial charge in [-0.2, -0.15) is 5.26 Å². The normalized spacial score (nSPS) is 33.5. The zero-order chi connectivity index (χ0) is 9.84. The van der Waals surface area contributed by atoms with Crippen LogP contribution in [0.1, 0.15) is 33.1 Å². The van der Waals surface area contributed by atoms with Crippen LogP contribution in [0, 0.1) is 23.2 Å². The summed E-state index contributed by atoms with van der Waals surface area (Å²) in [7, 11) is 0. The van der Waals surface area contributed by atoms with Gasteiger partial charge in [-0.3, -0.25) is 0 Å². The SMILES string of the molecule is CC1CC(C)CC(OC(=O)C#N)C1. The second kappa shape index (κ2) is 4.27. The Morgan fingerprint density at radius 3 is 2.31 bits per heavy atom. The lowest BCUT2D eigenvalue weighted by atomic mass is 9.82. The molecule has 0 bridgehead atoms. The summed E-state index contributed by atoms with van der Waals surface area (Å²) in [5.74, 6) is 0.451. The van der Waals surface area contributed by atoms with Gasteiger partial charge in [0, 0.05) is 0 Å². The van der Waals surface area contributed by atoms with Crippen LogP contribution in [0.4, 0.5) is 0 Å². The Kier molecular flexibility index (Phi) is 3.30. The van der Waals surface area contributed by atoms with Crippen LogP contribution in [0.3, 0.4) is 0 Å². The van der Waals surface area contributed by atoms with E-state index in [2.05, 4.69) is 13.8 Å². The van der Waals surface area contributed by atoms with E-state index < -0.39 is 5.97 Å². The molecule has 0 heterocycles. The molecule has 3 nitrogen and oxygen atoms in total. The van der Waals surface area contributed by atoms with Gasteiger partial charge in [0.1, 0.15) is 6.10 Å². The van der Waals surface area contributed by atoms with Crippen LogP contribution in [0.2, 0.25) is 0 Å². The molecule has 13 heavy (non-hydrogen) atoms. The zero-order valence-corrected chi connectivity index (χ0v) is 8.12. The second-order valence-electron chi connectivity index (χ2n) is 4.06. The molecule has 72 valence electrons. The van der Waals surface area contributed by atoms with Crippen molar-refractivity contribution >= 4 is 5.97 Å². The van der Waals surface area contributed by atoms with Crippen molar-refractivity contribution in [2.45, 2.75) is 39.2 Å². The molecule has 0 N–H and O–H groups in total. The van der Waals surface area contributed by atoms with Crippen molar-refractivity contribution in [1.29, 1.82) is 5.26 Å². The summed E-state index contributed by atoms with van der Waals surface area (Å²) in [5, 5.41) is 8.27. The van der Waals surface area contributed by atoms with E-state index in [0.717, 1.165) is 12.8 Å². The van der Waals surface area contributed by atoms with E-state index >= 15 is 0 Å². The average Bonchev–Trinajstić information content (AvgIpc) is 2.02. The third-order valence-electron chi connectivity index (χ3n) is 2.50. The summed E-state index contributed by atoms with van der Waals surface area (Å²) in [4.78, 5) is 10.7. The number of nitrogens with zero attached hydrogens (tertiary/aromatic N) is 1. The minimum atomic E-state index is -0.744. The molecule has 0 saturated heterocycles. The number of carbonyl (C=O) groups is 1. The summed E-state index contributed by atoms with van der Waals surface area (Å²) >= 11 is 0. The smallest absolute Gasteiger partial charge is 0.411 e. The Morgan fingerprint density at radius 2 is 1.85 bits per heavy atom. The first-order chi connectivity index (χ1) is 6.11. The summed E-state index contributed by atoms with van der Waals surface area (Å²) in [6.07, 6.45) is 2.96. The molecule has 1 rings (SSSR count). The second-order valence-corrected chi connectivity index (χ2v) is 4.06. The number of rotatable bonds is 1. The van der Waals surface area contributed by atoms with Gasteiger partial charge in [-0.05, 0) is 31.1 Å². The molecular formula is C10H15NO2. The Bertz CT molecular complexity index is 222. The Labute approximate surface area is 78.7 Å². The van der Waals surface area contributed by atoms with Gasteiger partial charge in [0.05, 0.1) is 0 Å². The molecule has 0 radical (unpaired) electrons. The molecule has 2 unspecified atom stereocenters. The first kappa shape index (κ1) is 10.0. The average molecular weight is 181 g/mol. The molecule has 2 atom stereocenters. The number of nitriles is 1. The molecule has 1 saturated carbocycles. The highest BCUT2D eigenvalue weighted by Crippen LogP contribution is 2.30. The van der Waals surface area contributed by atoms with Gasteiger partial charge in [-0.25, -0.2) is 4.79 Å². The number of carbonyl (C=O) groups excluding carboxylic acids is 1. The van der Waals surface area contributed by atoms with Crippen LogP contribution in [0.25, 0.3) is 0 Å². The largest absolute Gasteiger partial charge is 0.451 e. The van der Waals surface area contributed by atoms with E-state index in [-0.39, 0.29) is 6.10 Å². The van der Waals surface area contributed by atoms with Crippen LogP contribution < -0.4 is 0 Å². The first-order valence-electron chi connectivity index (χ1n) is 4.72. The van der Waals surface area contributed by atoms with Crippen LogP contribution in [-0.2, 0) is 9.53 Å². The van der Waals surface area contributed by atoms with Gasteiger partial charge >= 0.3 is 5.97 Å². The Morgan fingerprint density at radius 1 is 1.31 bits per heavy atom. The number of hydrogen-bond donors (Lipinski definition) is 0. The Balaban J connectivity index is 2.42. The van der Waals surface area contributed by atoms with Gasteiger partial charge in [0.15, 0.2) is 6.07 Å². The highest BCUT2D eigenvalue weighted by atomic mass is 16.5. The fourth-order valence-electron chi connectivity index (χ4n) is 2.15. The molecule has 0 aliphatic heterocycles. The van der Waals surface area contributed by atoms with E-state index in [4.69, 9.17) is 10.00 Å². The van der Waals surface area contributed by atoms with Crippen molar-refractivity contribution < 1.29 is 9.53 Å². The predicted molar refractivity (Wildman–Crippen MR) is 47.7 cm³/mol. The molecule has 0 spiro atoms. The van der Waals surface area contributed by atoms with Crippen molar-refractivity contribution in [2.75, 3.05) is 0 Å². The van der Waals surface area contributed by atoms with E-state index in [9.17, 15) is 4.79 Å². The molecule has 1 fully saturated rings. The lowest BCUT2D eigenvalue weighted by Gasteiger charge is -2.30. The zero-order valence-electron chi connectivity index (χ0n) is 8.12. The summed E-state index contributed by atoms with van der Waals surface area (Å²) in [6, 6.07) is 1.48. The van der Waals surface area contributed by atoms with E-state index in [0.29, 0.717) is 11.8 Å². The lowest BCUT2D eigenvalue weighted by molar-refractivity contribution is -0.144. The first-order valence-corrected chi connectivity index (χ1v) is 4.72. The van der Waals surface area contributed by atoms with E-state index in [1.54, 1.807) is 0 Å². The Hall–Kier alpha value is -1.04. The fourth-order valence-corrected chi connectivity index (χ4v) is 2.15. The van der Waals surface area contributed by atoms with Crippen LogP contribution in [-0.4, -0.2) is 12.1 Å². The molecular weight excluding hydrogens is 166 g/mol. The molecule has 0 amide bonds. The summed E-state index contributed by atoms with van der Waals surface area (Å²) < 4.78 is 4.98. The van der Waals surface area contributed by atoms with E-state index in [1.807, 2.05) is 0 Å². The van der Waals surface area contributed by atoms with Crippen LogP contribution >= 0.6 is 0 Å².